The molecule has 3 rings (SSSR count). The first-order valence-corrected chi connectivity index (χ1v) is 10.1. The lowest BCUT2D eigenvalue weighted by Gasteiger charge is -2.05. The zero-order valence-corrected chi connectivity index (χ0v) is 17.6. The van der Waals surface area contributed by atoms with Crippen LogP contribution in [0.4, 0.5) is 5.69 Å². The average Bonchev–Trinajstić information content (AvgIpc) is 3.11. The van der Waals surface area contributed by atoms with E-state index in [1.807, 2.05) is 19.2 Å². The Kier molecular flexibility index (Phi) is 6.80. The van der Waals surface area contributed by atoms with E-state index in [0.29, 0.717) is 27.3 Å². The second-order valence-electron chi connectivity index (χ2n) is 6.20. The summed E-state index contributed by atoms with van der Waals surface area (Å²) in [7, 11) is 1.81. The molecule has 0 saturated heterocycles. The van der Waals surface area contributed by atoms with Gasteiger partial charge in [-0.3, -0.25) is 14.9 Å². The number of nitrogens with zero attached hydrogens (tertiary/aromatic N) is 5. The molecule has 3 aromatic rings. The number of carbonyl (C=O) groups excluding carboxylic acids is 1. The van der Waals surface area contributed by atoms with Gasteiger partial charge in [-0.2, -0.15) is 5.10 Å². The first-order valence-electron chi connectivity index (χ1n) is 8.71. The number of nitrogens with one attached hydrogen (secondary N) is 1. The summed E-state index contributed by atoms with van der Waals surface area (Å²) in [5.41, 5.74) is 4.50. The molecule has 0 radical (unpaired) electrons. The fourth-order valence-electron chi connectivity index (χ4n) is 2.52. The SMILES string of the molecule is C/C(=N/NC(=O)CSc1nnc(-c2cccc(Cl)c2)n1C)c1ccc([N+](=O)[O-])cc1. The van der Waals surface area contributed by atoms with Gasteiger partial charge in [0.15, 0.2) is 11.0 Å². The highest BCUT2D eigenvalue weighted by atomic mass is 35.5. The molecule has 2 aromatic carbocycles. The molecule has 1 amide bonds. The maximum absolute atomic E-state index is 12.1. The standard InChI is InChI=1S/C19H17ClN6O3S/c1-12(13-6-8-16(9-7-13)26(28)29)21-22-17(27)11-30-19-24-23-18(25(19)2)14-4-3-5-15(20)10-14/h3-10H,11H2,1-2H3,(H,22,27)/b21-12-. The van der Waals surface area contributed by atoms with Gasteiger partial charge in [0.1, 0.15) is 0 Å². The van der Waals surface area contributed by atoms with Gasteiger partial charge < -0.3 is 4.57 Å². The summed E-state index contributed by atoms with van der Waals surface area (Å²) in [4.78, 5) is 22.4. The largest absolute Gasteiger partial charge is 0.305 e. The Morgan fingerprint density at radius 2 is 2.00 bits per heavy atom. The summed E-state index contributed by atoms with van der Waals surface area (Å²) in [6, 6.07) is 13.2. The van der Waals surface area contributed by atoms with Crippen LogP contribution < -0.4 is 5.43 Å². The van der Waals surface area contributed by atoms with Crippen LogP contribution in [0.15, 0.2) is 58.8 Å². The van der Waals surface area contributed by atoms with Crippen LogP contribution in [0.3, 0.4) is 0 Å². The number of rotatable bonds is 7. The summed E-state index contributed by atoms with van der Waals surface area (Å²) in [5.74, 6) is 0.430. The van der Waals surface area contributed by atoms with Crippen molar-refractivity contribution in [2.75, 3.05) is 5.75 Å². The minimum atomic E-state index is -0.473. The fourth-order valence-corrected chi connectivity index (χ4v) is 3.41. The van der Waals surface area contributed by atoms with Gasteiger partial charge in [-0.15, -0.1) is 10.2 Å². The number of thioether (sulfide) groups is 1. The maximum Gasteiger partial charge on any atom is 0.269 e. The fraction of sp³-hybridized carbons (Fsp3) is 0.158. The van der Waals surface area contributed by atoms with E-state index in [9.17, 15) is 14.9 Å². The Bertz CT molecular complexity index is 1110. The molecule has 1 N–H and O–H groups in total. The lowest BCUT2D eigenvalue weighted by molar-refractivity contribution is -0.384. The monoisotopic (exact) mass is 444 g/mol. The van der Waals surface area contributed by atoms with Gasteiger partial charge in [-0.1, -0.05) is 35.5 Å². The Balaban J connectivity index is 1.58. The molecule has 0 aliphatic rings. The average molecular weight is 445 g/mol. The van der Waals surface area contributed by atoms with Crippen molar-refractivity contribution in [2.24, 2.45) is 12.1 Å². The van der Waals surface area contributed by atoms with Crippen molar-refractivity contribution in [3.63, 3.8) is 0 Å². The molecule has 0 aliphatic heterocycles. The van der Waals surface area contributed by atoms with Crippen LogP contribution in [-0.2, 0) is 11.8 Å². The number of benzene rings is 2. The van der Waals surface area contributed by atoms with Gasteiger partial charge in [0, 0.05) is 29.8 Å². The third-order valence-electron chi connectivity index (χ3n) is 4.09. The first-order chi connectivity index (χ1) is 14.3. The van der Waals surface area contributed by atoms with E-state index >= 15 is 0 Å². The number of halogens is 1. The molecule has 0 unspecified atom stereocenters. The molecular weight excluding hydrogens is 428 g/mol. The van der Waals surface area contributed by atoms with E-state index in [1.165, 1.54) is 23.9 Å². The summed E-state index contributed by atoms with van der Waals surface area (Å²) in [5, 5.41) is 24.2. The highest BCUT2D eigenvalue weighted by Gasteiger charge is 2.13. The summed E-state index contributed by atoms with van der Waals surface area (Å²) >= 11 is 7.25. The molecule has 0 saturated carbocycles. The molecule has 9 nitrogen and oxygen atoms in total. The Hall–Kier alpha value is -3.24. The van der Waals surface area contributed by atoms with Crippen molar-refractivity contribution in [1.82, 2.24) is 20.2 Å². The molecule has 0 bridgehead atoms. The van der Waals surface area contributed by atoms with Crippen LogP contribution >= 0.6 is 23.4 Å². The topological polar surface area (TPSA) is 115 Å². The van der Waals surface area contributed by atoms with Gasteiger partial charge in [0.05, 0.1) is 16.4 Å². The van der Waals surface area contributed by atoms with Crippen molar-refractivity contribution in [3.05, 3.63) is 69.2 Å². The number of hydrogen-bond donors (Lipinski definition) is 1. The van der Waals surface area contributed by atoms with Gasteiger partial charge in [-0.25, -0.2) is 5.43 Å². The van der Waals surface area contributed by atoms with E-state index in [-0.39, 0.29) is 17.3 Å². The second-order valence-corrected chi connectivity index (χ2v) is 7.58. The molecule has 154 valence electrons. The quantitative estimate of drug-likeness (QED) is 0.257. The zero-order chi connectivity index (χ0) is 21.7. The molecule has 0 spiro atoms. The minimum Gasteiger partial charge on any atom is -0.305 e. The van der Waals surface area contributed by atoms with Crippen LogP contribution in [0.25, 0.3) is 11.4 Å². The highest BCUT2D eigenvalue weighted by Crippen LogP contribution is 2.24. The minimum absolute atomic E-state index is 0.00666. The van der Waals surface area contributed by atoms with Crippen LogP contribution in [0.5, 0.6) is 0 Å². The number of hydrazone groups is 1. The lowest BCUT2D eigenvalue weighted by atomic mass is 10.1. The van der Waals surface area contributed by atoms with Crippen LogP contribution in [0.2, 0.25) is 5.02 Å². The second kappa shape index (κ2) is 9.51. The van der Waals surface area contributed by atoms with Gasteiger partial charge >= 0.3 is 0 Å². The van der Waals surface area contributed by atoms with Gasteiger partial charge in [0.2, 0.25) is 0 Å². The molecule has 0 fully saturated rings. The number of aromatic nitrogens is 3. The Morgan fingerprint density at radius 3 is 2.67 bits per heavy atom. The highest BCUT2D eigenvalue weighted by molar-refractivity contribution is 7.99. The maximum atomic E-state index is 12.1. The number of carbonyl (C=O) groups is 1. The normalized spacial score (nSPS) is 11.4. The van der Waals surface area contributed by atoms with Crippen LogP contribution in [0, 0.1) is 10.1 Å². The van der Waals surface area contributed by atoms with E-state index in [0.717, 1.165) is 5.56 Å². The number of hydrogen-bond acceptors (Lipinski definition) is 7. The van der Waals surface area contributed by atoms with Gasteiger partial charge in [0.25, 0.3) is 11.6 Å². The Labute approximate surface area is 181 Å². The molecular formula is C19H17ClN6O3S. The molecule has 0 atom stereocenters. The summed E-state index contributed by atoms with van der Waals surface area (Å²) < 4.78 is 1.79. The van der Waals surface area contributed by atoms with Crippen molar-refractivity contribution >= 4 is 40.7 Å². The summed E-state index contributed by atoms with van der Waals surface area (Å²) in [6.07, 6.45) is 0. The van der Waals surface area contributed by atoms with Crippen molar-refractivity contribution in [3.8, 4) is 11.4 Å². The molecule has 0 aliphatic carbocycles. The van der Waals surface area contributed by atoms with E-state index in [1.54, 1.807) is 35.8 Å². The predicted molar refractivity (Wildman–Crippen MR) is 116 cm³/mol. The van der Waals surface area contributed by atoms with Crippen molar-refractivity contribution < 1.29 is 9.72 Å². The summed E-state index contributed by atoms with van der Waals surface area (Å²) in [6.45, 7) is 1.70. The van der Waals surface area contributed by atoms with Crippen LogP contribution in [0.1, 0.15) is 12.5 Å². The Morgan fingerprint density at radius 1 is 1.27 bits per heavy atom. The number of nitro groups is 1. The predicted octanol–water partition coefficient (Wildman–Crippen LogP) is 3.68. The van der Waals surface area contributed by atoms with E-state index < -0.39 is 4.92 Å². The number of non-ortho nitro benzene ring substituents is 1. The molecule has 1 aromatic heterocycles. The van der Waals surface area contributed by atoms with Gasteiger partial charge in [-0.05, 0) is 36.8 Å². The molecule has 11 heteroatoms. The van der Waals surface area contributed by atoms with Crippen LogP contribution in [-0.4, -0.2) is 37.1 Å². The lowest BCUT2D eigenvalue weighted by Crippen LogP contribution is -2.21. The molecule has 30 heavy (non-hydrogen) atoms. The first kappa shape index (κ1) is 21.5. The van der Waals surface area contributed by atoms with E-state index in [2.05, 4.69) is 20.7 Å². The smallest absolute Gasteiger partial charge is 0.269 e. The zero-order valence-electron chi connectivity index (χ0n) is 16.1. The molecule has 1 heterocycles. The number of nitro benzene ring substituents is 1. The third kappa shape index (κ3) is 5.22. The van der Waals surface area contributed by atoms with Crippen molar-refractivity contribution in [1.29, 1.82) is 0 Å². The van der Waals surface area contributed by atoms with E-state index in [4.69, 9.17) is 11.6 Å². The van der Waals surface area contributed by atoms with Crippen molar-refractivity contribution in [2.45, 2.75) is 12.1 Å². The number of amides is 1. The third-order valence-corrected chi connectivity index (χ3v) is 5.35.